The normalized spacial score (nSPS) is 13.7. The van der Waals surface area contributed by atoms with Crippen molar-refractivity contribution < 1.29 is 39.5 Å². The fourth-order valence-corrected chi connectivity index (χ4v) is 1.30. The summed E-state index contributed by atoms with van der Waals surface area (Å²) < 4.78 is 1.59. The van der Waals surface area contributed by atoms with Crippen molar-refractivity contribution in [3.05, 3.63) is 11.6 Å². The molecule has 2 rings (SSSR count). The van der Waals surface area contributed by atoms with Crippen LogP contribution in [0.25, 0.3) is 0 Å². The molecule has 0 radical (unpaired) electrons. The van der Waals surface area contributed by atoms with Crippen LogP contribution in [-0.4, -0.2) is 20.7 Å². The fourth-order valence-electron chi connectivity index (χ4n) is 1.30. The Morgan fingerprint density at radius 1 is 1.50 bits per heavy atom. The molecule has 0 N–H and O–H groups in total. The SMILES string of the molecule is O=C([O-])c1nnc2n1CCC2.[Na+]. The van der Waals surface area contributed by atoms with Crippen LogP contribution in [0.3, 0.4) is 0 Å². The van der Waals surface area contributed by atoms with Crippen molar-refractivity contribution in [2.45, 2.75) is 19.4 Å². The van der Waals surface area contributed by atoms with Gasteiger partial charge in [-0.3, -0.25) is 0 Å². The number of aryl methyl sites for hydroxylation is 1. The van der Waals surface area contributed by atoms with E-state index in [4.69, 9.17) is 0 Å². The van der Waals surface area contributed by atoms with Gasteiger partial charge in [-0.05, 0) is 6.42 Å². The third-order valence-corrected chi connectivity index (χ3v) is 1.79. The molecule has 0 bridgehead atoms. The third-order valence-electron chi connectivity index (χ3n) is 1.79. The van der Waals surface area contributed by atoms with Gasteiger partial charge in [0.25, 0.3) is 0 Å². The molecule has 5 nitrogen and oxygen atoms in total. The van der Waals surface area contributed by atoms with Crippen molar-refractivity contribution in [3.63, 3.8) is 0 Å². The van der Waals surface area contributed by atoms with Crippen LogP contribution in [0.4, 0.5) is 0 Å². The maximum Gasteiger partial charge on any atom is 1.00 e. The van der Waals surface area contributed by atoms with E-state index in [1.165, 1.54) is 0 Å². The number of rotatable bonds is 1. The van der Waals surface area contributed by atoms with Gasteiger partial charge >= 0.3 is 29.6 Å². The summed E-state index contributed by atoms with van der Waals surface area (Å²) in [6.45, 7) is 0.700. The second-order valence-corrected chi connectivity index (χ2v) is 2.48. The van der Waals surface area contributed by atoms with Crippen molar-refractivity contribution in [1.29, 1.82) is 0 Å². The summed E-state index contributed by atoms with van der Waals surface area (Å²) in [6, 6.07) is 0. The molecule has 1 aliphatic rings. The summed E-state index contributed by atoms with van der Waals surface area (Å²) >= 11 is 0. The van der Waals surface area contributed by atoms with Crippen molar-refractivity contribution >= 4 is 5.97 Å². The molecule has 1 aromatic rings. The van der Waals surface area contributed by atoms with Gasteiger partial charge < -0.3 is 14.5 Å². The number of aromatic carboxylic acids is 1. The molecule has 0 amide bonds. The summed E-state index contributed by atoms with van der Waals surface area (Å²) in [5.41, 5.74) is 0. The quantitative estimate of drug-likeness (QED) is 0.404. The van der Waals surface area contributed by atoms with E-state index >= 15 is 0 Å². The van der Waals surface area contributed by atoms with Gasteiger partial charge in [0, 0.05) is 13.0 Å². The number of carbonyl (C=O) groups excluding carboxylic acids is 1. The smallest absolute Gasteiger partial charge is 0.541 e. The minimum atomic E-state index is -1.24. The average molecular weight is 175 g/mol. The molecule has 12 heavy (non-hydrogen) atoms. The summed E-state index contributed by atoms with van der Waals surface area (Å²) in [6.07, 6.45) is 1.77. The minimum Gasteiger partial charge on any atom is -0.541 e. The molecular weight excluding hydrogens is 169 g/mol. The number of hydrogen-bond acceptors (Lipinski definition) is 4. The Morgan fingerprint density at radius 2 is 2.25 bits per heavy atom. The molecular formula is C6H6N3NaO2. The monoisotopic (exact) mass is 175 g/mol. The number of hydrogen-bond donors (Lipinski definition) is 0. The predicted molar refractivity (Wildman–Crippen MR) is 32.7 cm³/mol. The molecule has 0 atom stereocenters. The summed E-state index contributed by atoms with van der Waals surface area (Å²) in [7, 11) is 0. The third kappa shape index (κ3) is 1.39. The molecule has 0 saturated heterocycles. The molecule has 58 valence electrons. The van der Waals surface area contributed by atoms with E-state index in [9.17, 15) is 9.90 Å². The molecule has 0 unspecified atom stereocenters. The first-order chi connectivity index (χ1) is 5.29. The zero-order chi connectivity index (χ0) is 7.84. The van der Waals surface area contributed by atoms with Gasteiger partial charge in [-0.15, -0.1) is 10.2 Å². The standard InChI is InChI=1S/C6H7N3O2.Na/c10-6(11)5-8-7-4-2-1-3-9(4)5;/h1-3H2,(H,10,11);/q;+1/p-1. The zero-order valence-corrected chi connectivity index (χ0v) is 8.78. The number of carboxylic acid groups (broad SMARTS) is 1. The van der Waals surface area contributed by atoms with E-state index in [1.807, 2.05) is 0 Å². The largest absolute Gasteiger partial charge is 1.00 e. The Hall–Kier alpha value is -0.390. The fraction of sp³-hybridized carbons (Fsp3) is 0.500. The van der Waals surface area contributed by atoms with Crippen LogP contribution < -0.4 is 34.7 Å². The van der Waals surface area contributed by atoms with Crippen LogP contribution in [0.15, 0.2) is 0 Å². The second-order valence-electron chi connectivity index (χ2n) is 2.48. The molecule has 1 aliphatic heterocycles. The van der Waals surface area contributed by atoms with Gasteiger partial charge in [0.15, 0.2) is 5.82 Å². The van der Waals surface area contributed by atoms with E-state index in [0.717, 1.165) is 18.7 Å². The molecule has 1 aromatic heterocycles. The van der Waals surface area contributed by atoms with Crippen LogP contribution in [0, 0.1) is 0 Å². The molecule has 0 saturated carbocycles. The molecule has 2 heterocycles. The number of aromatic nitrogens is 3. The molecule has 0 aromatic carbocycles. The first-order valence-corrected chi connectivity index (χ1v) is 3.42. The van der Waals surface area contributed by atoms with E-state index in [-0.39, 0.29) is 35.4 Å². The van der Waals surface area contributed by atoms with E-state index in [2.05, 4.69) is 10.2 Å². The van der Waals surface area contributed by atoms with Crippen LogP contribution in [0.2, 0.25) is 0 Å². The van der Waals surface area contributed by atoms with E-state index < -0.39 is 5.97 Å². The minimum absolute atomic E-state index is 0. The Bertz CT molecular complexity index is 310. The summed E-state index contributed by atoms with van der Waals surface area (Å²) in [4.78, 5) is 10.4. The number of fused-ring (bicyclic) bond motifs is 1. The predicted octanol–water partition coefficient (Wildman–Crippen LogP) is -4.41. The van der Waals surface area contributed by atoms with E-state index in [0.29, 0.717) is 6.54 Å². The molecule has 0 fully saturated rings. The number of carboxylic acids is 1. The molecule has 0 spiro atoms. The number of carbonyl (C=O) groups is 1. The average Bonchev–Trinajstić information content (AvgIpc) is 2.41. The Morgan fingerprint density at radius 3 is 2.92 bits per heavy atom. The zero-order valence-electron chi connectivity index (χ0n) is 6.78. The van der Waals surface area contributed by atoms with Crippen LogP contribution in [0.5, 0.6) is 0 Å². The van der Waals surface area contributed by atoms with Gasteiger partial charge in [-0.2, -0.15) is 0 Å². The first-order valence-electron chi connectivity index (χ1n) is 3.42. The van der Waals surface area contributed by atoms with Gasteiger partial charge in [-0.25, -0.2) is 0 Å². The second kappa shape index (κ2) is 3.55. The van der Waals surface area contributed by atoms with Crippen LogP contribution >= 0.6 is 0 Å². The van der Waals surface area contributed by atoms with E-state index in [1.54, 1.807) is 4.57 Å². The Kier molecular flexibility index (Phi) is 2.87. The maximum absolute atomic E-state index is 10.4. The Balaban J connectivity index is 0.000000720. The summed E-state index contributed by atoms with van der Waals surface area (Å²) in [5.74, 6) is -0.535. The van der Waals surface area contributed by atoms with Crippen molar-refractivity contribution in [2.24, 2.45) is 0 Å². The molecule has 0 aliphatic carbocycles. The van der Waals surface area contributed by atoms with Crippen LogP contribution in [0.1, 0.15) is 22.9 Å². The van der Waals surface area contributed by atoms with Crippen molar-refractivity contribution in [2.75, 3.05) is 0 Å². The first kappa shape index (κ1) is 9.70. The number of nitrogens with zero attached hydrogens (tertiary/aromatic N) is 3. The van der Waals surface area contributed by atoms with Gasteiger partial charge in [0.05, 0.1) is 0 Å². The van der Waals surface area contributed by atoms with Crippen LogP contribution in [-0.2, 0) is 13.0 Å². The van der Waals surface area contributed by atoms with Crippen molar-refractivity contribution in [1.82, 2.24) is 14.8 Å². The Labute approximate surface area is 91.1 Å². The van der Waals surface area contributed by atoms with Gasteiger partial charge in [0.2, 0.25) is 0 Å². The van der Waals surface area contributed by atoms with Gasteiger partial charge in [-0.1, -0.05) is 0 Å². The maximum atomic E-state index is 10.4. The molecule has 6 heteroatoms. The summed E-state index contributed by atoms with van der Waals surface area (Å²) in [5, 5.41) is 17.6. The topological polar surface area (TPSA) is 70.8 Å². The van der Waals surface area contributed by atoms with Gasteiger partial charge in [0.1, 0.15) is 11.8 Å². The van der Waals surface area contributed by atoms with Crippen molar-refractivity contribution in [3.8, 4) is 0 Å².